The molecule has 7 nitrogen and oxygen atoms in total. The molecule has 1 saturated carbocycles. The molecule has 3 atom stereocenters. The van der Waals surface area contributed by atoms with E-state index in [0.717, 1.165) is 41.9 Å². The zero-order valence-corrected chi connectivity index (χ0v) is 23.0. The van der Waals surface area contributed by atoms with Gasteiger partial charge in [0, 0.05) is 30.3 Å². The quantitative estimate of drug-likeness (QED) is 0.455. The zero-order valence-electron chi connectivity index (χ0n) is 21.4. The number of aromatic nitrogens is 3. The van der Waals surface area contributed by atoms with Gasteiger partial charge in [-0.15, -0.1) is 11.3 Å². The topological polar surface area (TPSA) is 80.1 Å². The number of anilines is 1. The number of likely N-dealkylation sites (tertiary alicyclic amines) is 1. The molecule has 0 bridgehead atoms. The van der Waals surface area contributed by atoms with E-state index in [9.17, 15) is 9.59 Å². The molecule has 0 radical (unpaired) electrons. The van der Waals surface area contributed by atoms with Gasteiger partial charge in [-0.3, -0.25) is 14.3 Å². The Kier molecular flexibility index (Phi) is 6.86. The summed E-state index contributed by atoms with van der Waals surface area (Å²) in [7, 11) is 0. The van der Waals surface area contributed by atoms with E-state index in [1.54, 1.807) is 22.2 Å². The van der Waals surface area contributed by atoms with Gasteiger partial charge in [0.05, 0.1) is 22.1 Å². The molecule has 0 unspecified atom stereocenters. The van der Waals surface area contributed by atoms with Crippen molar-refractivity contribution >= 4 is 40.6 Å². The monoisotopic (exact) mass is 535 g/mol. The van der Waals surface area contributed by atoms with Crippen LogP contribution in [-0.2, 0) is 4.79 Å². The maximum Gasteiger partial charge on any atom is 0.276 e. The number of aryl methyl sites for hydroxylation is 1. The molecule has 3 aromatic rings. The number of carbonyl (C=O) groups is 2. The van der Waals surface area contributed by atoms with Crippen LogP contribution in [0.3, 0.4) is 0 Å². The molecule has 9 heteroatoms. The first-order valence-corrected chi connectivity index (χ1v) is 13.7. The predicted octanol–water partition coefficient (Wildman–Crippen LogP) is 5.41. The third-order valence-corrected chi connectivity index (χ3v) is 8.19. The standard InChI is InChI=1S/C28H30ClN5O2S/c1-17-10-18(7-8-22-6-5-9-37-22)13-30-25(17)32-26(35)24-23(29)14-31-34(24)21-11-19-15-33(16-20(19)12-21)27(36)28(2,3)4/h5-6,9-10,13-14,19-21H,11-12,15-16H2,1-4H3,(H,30,32,35)/t19-,20+,21+. The Hall–Kier alpha value is -3.15. The molecule has 0 spiro atoms. The number of thiophene rings is 1. The first-order chi connectivity index (χ1) is 17.6. The molecule has 1 N–H and O–H groups in total. The molecular weight excluding hydrogens is 506 g/mol. The molecule has 5 rings (SSSR count). The zero-order chi connectivity index (χ0) is 26.3. The van der Waals surface area contributed by atoms with Gasteiger partial charge >= 0.3 is 0 Å². The number of rotatable bonds is 3. The normalized spacial score (nSPS) is 20.9. The predicted molar refractivity (Wildman–Crippen MR) is 146 cm³/mol. The largest absolute Gasteiger partial charge is 0.342 e. The Labute approximate surface area is 226 Å². The van der Waals surface area contributed by atoms with E-state index in [1.165, 1.54) is 6.20 Å². The summed E-state index contributed by atoms with van der Waals surface area (Å²) in [5.41, 5.74) is 1.56. The average Bonchev–Trinajstić information content (AvgIpc) is 3.61. The highest BCUT2D eigenvalue weighted by Gasteiger charge is 2.45. The number of nitrogens with zero attached hydrogens (tertiary/aromatic N) is 4. The molecule has 37 heavy (non-hydrogen) atoms. The van der Waals surface area contributed by atoms with Crippen LogP contribution in [0.25, 0.3) is 0 Å². The Morgan fingerprint density at radius 3 is 2.51 bits per heavy atom. The Bertz CT molecular complexity index is 1380. The van der Waals surface area contributed by atoms with Crippen LogP contribution >= 0.6 is 22.9 Å². The third kappa shape index (κ3) is 5.29. The molecule has 1 saturated heterocycles. The Balaban J connectivity index is 1.27. The summed E-state index contributed by atoms with van der Waals surface area (Å²) in [6, 6.07) is 5.91. The fraction of sp³-hybridized carbons (Fsp3) is 0.429. The summed E-state index contributed by atoms with van der Waals surface area (Å²) < 4.78 is 1.77. The van der Waals surface area contributed by atoms with Crippen molar-refractivity contribution in [3.8, 4) is 11.8 Å². The lowest BCUT2D eigenvalue weighted by Crippen LogP contribution is -2.38. The van der Waals surface area contributed by atoms with Gasteiger partial charge in [-0.2, -0.15) is 5.10 Å². The van der Waals surface area contributed by atoms with Crippen molar-refractivity contribution in [1.82, 2.24) is 19.7 Å². The van der Waals surface area contributed by atoms with Crippen LogP contribution in [0.2, 0.25) is 5.02 Å². The summed E-state index contributed by atoms with van der Waals surface area (Å²) in [5.74, 6) is 7.38. The van der Waals surface area contributed by atoms with Crippen LogP contribution < -0.4 is 5.32 Å². The fourth-order valence-electron chi connectivity index (χ4n) is 5.36. The SMILES string of the molecule is Cc1cc(C#Cc2cccs2)cnc1NC(=O)c1c(Cl)cnn1[C@H]1C[C@@H]2CN(C(=O)C(C)(C)C)C[C@@H]2C1. The summed E-state index contributed by atoms with van der Waals surface area (Å²) in [6.45, 7) is 9.31. The van der Waals surface area contributed by atoms with Crippen LogP contribution in [0.15, 0.2) is 36.0 Å². The molecule has 2 amide bonds. The lowest BCUT2D eigenvalue weighted by atomic mass is 9.95. The van der Waals surface area contributed by atoms with Gasteiger partial charge < -0.3 is 10.2 Å². The van der Waals surface area contributed by atoms with Gasteiger partial charge in [0.1, 0.15) is 11.5 Å². The van der Waals surface area contributed by atoms with Gasteiger partial charge in [0.2, 0.25) is 5.91 Å². The summed E-state index contributed by atoms with van der Waals surface area (Å²) in [4.78, 5) is 33.5. The molecule has 192 valence electrons. The molecule has 0 aromatic carbocycles. The number of hydrogen-bond acceptors (Lipinski definition) is 5. The van der Waals surface area contributed by atoms with E-state index >= 15 is 0 Å². The highest BCUT2D eigenvalue weighted by molar-refractivity contribution is 7.10. The molecule has 2 fully saturated rings. The number of hydrogen-bond donors (Lipinski definition) is 1. The number of fused-ring (bicyclic) bond motifs is 1. The maximum absolute atomic E-state index is 13.3. The van der Waals surface area contributed by atoms with Crippen LogP contribution in [0.1, 0.15) is 66.1 Å². The highest BCUT2D eigenvalue weighted by Crippen LogP contribution is 2.45. The van der Waals surface area contributed by atoms with Crippen molar-refractivity contribution in [2.24, 2.45) is 17.3 Å². The number of halogens is 1. The minimum atomic E-state index is -0.375. The van der Waals surface area contributed by atoms with Gasteiger partial charge in [-0.25, -0.2) is 4.98 Å². The van der Waals surface area contributed by atoms with E-state index in [1.807, 2.05) is 56.2 Å². The first-order valence-electron chi connectivity index (χ1n) is 12.5. The second-order valence-electron chi connectivity index (χ2n) is 11.0. The highest BCUT2D eigenvalue weighted by atomic mass is 35.5. The lowest BCUT2D eigenvalue weighted by molar-refractivity contribution is -0.138. The van der Waals surface area contributed by atoms with Crippen molar-refractivity contribution in [2.75, 3.05) is 18.4 Å². The minimum Gasteiger partial charge on any atom is -0.342 e. The second kappa shape index (κ2) is 9.96. The summed E-state index contributed by atoms with van der Waals surface area (Å²) in [6.07, 6.45) is 4.92. The average molecular weight is 536 g/mol. The van der Waals surface area contributed by atoms with Crippen molar-refractivity contribution in [1.29, 1.82) is 0 Å². The number of carbonyl (C=O) groups excluding carboxylic acids is 2. The van der Waals surface area contributed by atoms with Gasteiger partial charge in [-0.1, -0.05) is 50.3 Å². The smallest absolute Gasteiger partial charge is 0.276 e. The van der Waals surface area contributed by atoms with Crippen LogP contribution in [0.5, 0.6) is 0 Å². The molecule has 1 aliphatic heterocycles. The molecule has 4 heterocycles. The molecular formula is C28H30ClN5O2S. The van der Waals surface area contributed by atoms with E-state index in [0.29, 0.717) is 28.4 Å². The minimum absolute atomic E-state index is 0.0686. The lowest BCUT2D eigenvalue weighted by Gasteiger charge is -2.27. The van der Waals surface area contributed by atoms with Crippen molar-refractivity contribution in [3.05, 3.63) is 62.7 Å². The number of amides is 2. The number of pyridine rings is 1. The third-order valence-electron chi connectivity index (χ3n) is 7.13. The summed E-state index contributed by atoms with van der Waals surface area (Å²) >= 11 is 8.03. The Morgan fingerprint density at radius 1 is 1.16 bits per heavy atom. The van der Waals surface area contributed by atoms with Gasteiger partial charge in [-0.05, 0) is 54.7 Å². The van der Waals surface area contributed by atoms with Crippen LogP contribution in [-0.4, -0.2) is 44.6 Å². The van der Waals surface area contributed by atoms with E-state index in [2.05, 4.69) is 27.2 Å². The van der Waals surface area contributed by atoms with E-state index < -0.39 is 0 Å². The Morgan fingerprint density at radius 2 is 1.89 bits per heavy atom. The first kappa shape index (κ1) is 25.5. The van der Waals surface area contributed by atoms with Crippen LogP contribution in [0.4, 0.5) is 5.82 Å². The van der Waals surface area contributed by atoms with Gasteiger partial charge in [0.25, 0.3) is 5.91 Å². The maximum atomic E-state index is 13.3. The van der Waals surface area contributed by atoms with Crippen molar-refractivity contribution < 1.29 is 9.59 Å². The molecule has 3 aromatic heterocycles. The van der Waals surface area contributed by atoms with Crippen LogP contribution in [0, 0.1) is 36.0 Å². The summed E-state index contributed by atoms with van der Waals surface area (Å²) in [5, 5.41) is 9.68. The molecule has 2 aliphatic rings. The van der Waals surface area contributed by atoms with Crippen molar-refractivity contribution in [2.45, 2.75) is 46.6 Å². The number of nitrogens with one attached hydrogen (secondary N) is 1. The van der Waals surface area contributed by atoms with Gasteiger partial charge in [0.15, 0.2) is 0 Å². The van der Waals surface area contributed by atoms with Crippen molar-refractivity contribution in [3.63, 3.8) is 0 Å². The molecule has 1 aliphatic carbocycles. The van der Waals surface area contributed by atoms with E-state index in [4.69, 9.17) is 11.6 Å². The van der Waals surface area contributed by atoms with E-state index in [-0.39, 0.29) is 23.3 Å². The second-order valence-corrected chi connectivity index (χ2v) is 12.3. The fourth-order valence-corrected chi connectivity index (χ4v) is 6.15.